The number of nitrogens with zero attached hydrogens (tertiary/aromatic N) is 2. The summed E-state index contributed by atoms with van der Waals surface area (Å²) in [6, 6.07) is 9.63. The minimum Gasteiger partial charge on any atom is -0.329 e. The number of fused-ring (bicyclic) bond motifs is 1. The molecule has 1 aromatic rings. The first-order valence-corrected chi connectivity index (χ1v) is 7.76. The molecule has 0 spiro atoms. The van der Waals surface area contributed by atoms with Crippen LogP contribution in [0.25, 0.3) is 0 Å². The standard InChI is InChI=1S/C17H22N2O2/c1-12(11-14-7-4-3-5-8-14)19-13(2)16(20)18-10-6-9-15(18)17(19)21/h3-5,7-8,12-13,15H,6,9-11H2,1-2H3. The normalized spacial score (nSPS) is 27.0. The van der Waals surface area contributed by atoms with Crippen molar-refractivity contribution in [2.24, 2.45) is 0 Å². The lowest BCUT2D eigenvalue weighted by Crippen LogP contribution is -2.64. The number of benzene rings is 1. The Hall–Kier alpha value is -1.84. The quantitative estimate of drug-likeness (QED) is 0.850. The average Bonchev–Trinajstić information content (AvgIpc) is 2.96. The summed E-state index contributed by atoms with van der Waals surface area (Å²) >= 11 is 0. The topological polar surface area (TPSA) is 40.6 Å². The molecule has 2 aliphatic heterocycles. The Morgan fingerprint density at radius 3 is 2.62 bits per heavy atom. The number of piperazine rings is 1. The fourth-order valence-corrected chi connectivity index (χ4v) is 3.66. The first-order valence-electron chi connectivity index (χ1n) is 7.76. The molecule has 2 heterocycles. The van der Waals surface area contributed by atoms with E-state index >= 15 is 0 Å². The van der Waals surface area contributed by atoms with Crippen molar-refractivity contribution in [2.75, 3.05) is 6.54 Å². The van der Waals surface area contributed by atoms with Crippen LogP contribution in [0.5, 0.6) is 0 Å². The molecular weight excluding hydrogens is 264 g/mol. The molecule has 4 nitrogen and oxygen atoms in total. The van der Waals surface area contributed by atoms with Gasteiger partial charge >= 0.3 is 0 Å². The Kier molecular flexibility index (Phi) is 3.70. The second-order valence-corrected chi connectivity index (χ2v) is 6.15. The highest BCUT2D eigenvalue weighted by atomic mass is 16.2. The van der Waals surface area contributed by atoms with Gasteiger partial charge in [0.05, 0.1) is 0 Å². The summed E-state index contributed by atoms with van der Waals surface area (Å²) in [7, 11) is 0. The van der Waals surface area contributed by atoms with Gasteiger partial charge in [0.15, 0.2) is 0 Å². The minimum atomic E-state index is -0.342. The second kappa shape index (κ2) is 5.51. The number of hydrogen-bond acceptors (Lipinski definition) is 2. The molecule has 112 valence electrons. The summed E-state index contributed by atoms with van der Waals surface area (Å²) < 4.78 is 0. The molecule has 0 N–H and O–H groups in total. The number of amides is 2. The van der Waals surface area contributed by atoms with Gasteiger partial charge in [-0.2, -0.15) is 0 Å². The third-order valence-corrected chi connectivity index (χ3v) is 4.70. The Morgan fingerprint density at radius 1 is 1.19 bits per heavy atom. The molecule has 3 rings (SSSR count). The van der Waals surface area contributed by atoms with Crippen LogP contribution >= 0.6 is 0 Å². The van der Waals surface area contributed by atoms with Crippen LogP contribution in [-0.4, -0.2) is 46.3 Å². The molecule has 0 bridgehead atoms. The van der Waals surface area contributed by atoms with Crippen LogP contribution in [-0.2, 0) is 16.0 Å². The Morgan fingerprint density at radius 2 is 1.90 bits per heavy atom. The minimum absolute atomic E-state index is 0.0431. The van der Waals surface area contributed by atoms with Crippen molar-refractivity contribution < 1.29 is 9.59 Å². The van der Waals surface area contributed by atoms with Gasteiger partial charge in [-0.1, -0.05) is 30.3 Å². The fraction of sp³-hybridized carbons (Fsp3) is 0.529. The van der Waals surface area contributed by atoms with E-state index in [1.165, 1.54) is 5.56 Å². The summed E-state index contributed by atoms with van der Waals surface area (Å²) in [6.07, 6.45) is 2.54. The number of carbonyl (C=O) groups is 2. The van der Waals surface area contributed by atoms with Gasteiger partial charge in [-0.25, -0.2) is 0 Å². The van der Waals surface area contributed by atoms with E-state index in [-0.39, 0.29) is 29.9 Å². The molecule has 4 heteroatoms. The molecule has 2 aliphatic rings. The summed E-state index contributed by atoms with van der Waals surface area (Å²) in [5.41, 5.74) is 1.20. The lowest BCUT2D eigenvalue weighted by Gasteiger charge is -2.44. The highest BCUT2D eigenvalue weighted by Gasteiger charge is 2.47. The first-order chi connectivity index (χ1) is 10.1. The van der Waals surface area contributed by atoms with Gasteiger partial charge in [0, 0.05) is 12.6 Å². The van der Waals surface area contributed by atoms with E-state index in [4.69, 9.17) is 0 Å². The Labute approximate surface area is 125 Å². The molecule has 1 aromatic carbocycles. The van der Waals surface area contributed by atoms with Crippen molar-refractivity contribution in [3.8, 4) is 0 Å². The number of rotatable bonds is 3. The van der Waals surface area contributed by atoms with Gasteiger partial charge in [-0.3, -0.25) is 9.59 Å². The van der Waals surface area contributed by atoms with Crippen molar-refractivity contribution in [3.63, 3.8) is 0 Å². The molecule has 0 aromatic heterocycles. The summed E-state index contributed by atoms with van der Waals surface area (Å²) in [4.78, 5) is 28.8. The van der Waals surface area contributed by atoms with Crippen molar-refractivity contribution >= 4 is 11.8 Å². The van der Waals surface area contributed by atoms with E-state index < -0.39 is 0 Å². The molecule has 3 unspecified atom stereocenters. The van der Waals surface area contributed by atoms with Gasteiger partial charge in [-0.15, -0.1) is 0 Å². The third-order valence-electron chi connectivity index (χ3n) is 4.70. The zero-order valence-corrected chi connectivity index (χ0v) is 12.7. The summed E-state index contributed by atoms with van der Waals surface area (Å²) in [5, 5.41) is 0. The smallest absolute Gasteiger partial charge is 0.246 e. The lowest BCUT2D eigenvalue weighted by molar-refractivity contribution is -0.160. The average molecular weight is 286 g/mol. The molecule has 2 saturated heterocycles. The van der Waals surface area contributed by atoms with Gasteiger partial charge in [0.1, 0.15) is 12.1 Å². The van der Waals surface area contributed by atoms with Crippen molar-refractivity contribution in [2.45, 2.75) is 51.2 Å². The van der Waals surface area contributed by atoms with E-state index in [0.717, 1.165) is 25.8 Å². The summed E-state index contributed by atoms with van der Waals surface area (Å²) in [5.74, 6) is 0.236. The van der Waals surface area contributed by atoms with Crippen LogP contribution < -0.4 is 0 Å². The number of carbonyl (C=O) groups excluding carboxylic acids is 2. The Balaban J connectivity index is 1.79. The first kappa shape index (κ1) is 14.1. The molecule has 0 saturated carbocycles. The van der Waals surface area contributed by atoms with Crippen molar-refractivity contribution in [1.82, 2.24) is 9.80 Å². The van der Waals surface area contributed by atoms with E-state index in [1.807, 2.05) is 36.9 Å². The Bertz CT molecular complexity index is 543. The molecule has 3 atom stereocenters. The van der Waals surface area contributed by atoms with Gasteiger partial charge in [0.2, 0.25) is 11.8 Å². The van der Waals surface area contributed by atoms with Crippen LogP contribution in [0.1, 0.15) is 32.3 Å². The van der Waals surface area contributed by atoms with E-state index in [0.29, 0.717) is 0 Å². The van der Waals surface area contributed by atoms with Crippen molar-refractivity contribution in [1.29, 1.82) is 0 Å². The zero-order valence-electron chi connectivity index (χ0n) is 12.7. The van der Waals surface area contributed by atoms with E-state index in [1.54, 1.807) is 4.90 Å². The molecule has 21 heavy (non-hydrogen) atoms. The predicted molar refractivity (Wildman–Crippen MR) is 80.7 cm³/mol. The molecule has 2 amide bonds. The van der Waals surface area contributed by atoms with Crippen LogP contribution in [0.3, 0.4) is 0 Å². The maximum Gasteiger partial charge on any atom is 0.246 e. The lowest BCUT2D eigenvalue weighted by atomic mass is 9.99. The molecule has 0 radical (unpaired) electrons. The zero-order chi connectivity index (χ0) is 15.0. The van der Waals surface area contributed by atoms with Gasteiger partial charge < -0.3 is 9.80 Å². The predicted octanol–water partition coefficient (Wildman–Crippen LogP) is 1.84. The van der Waals surface area contributed by atoms with E-state index in [2.05, 4.69) is 12.1 Å². The molecule has 2 fully saturated rings. The van der Waals surface area contributed by atoms with Gasteiger partial charge in [-0.05, 0) is 38.7 Å². The van der Waals surface area contributed by atoms with Crippen LogP contribution in [0.2, 0.25) is 0 Å². The van der Waals surface area contributed by atoms with Gasteiger partial charge in [0.25, 0.3) is 0 Å². The molecular formula is C17H22N2O2. The highest BCUT2D eigenvalue weighted by molar-refractivity contribution is 5.97. The fourth-order valence-electron chi connectivity index (χ4n) is 3.66. The maximum absolute atomic E-state index is 12.7. The SMILES string of the molecule is CC(Cc1ccccc1)N1C(=O)C2CCCN2C(=O)C1C. The highest BCUT2D eigenvalue weighted by Crippen LogP contribution is 2.28. The van der Waals surface area contributed by atoms with E-state index in [9.17, 15) is 9.59 Å². The maximum atomic E-state index is 12.7. The second-order valence-electron chi connectivity index (χ2n) is 6.15. The number of hydrogen-bond donors (Lipinski definition) is 0. The van der Waals surface area contributed by atoms with Crippen LogP contribution in [0, 0.1) is 0 Å². The third kappa shape index (κ3) is 2.43. The van der Waals surface area contributed by atoms with Crippen LogP contribution in [0.15, 0.2) is 30.3 Å². The molecule has 0 aliphatic carbocycles. The summed E-state index contributed by atoms with van der Waals surface area (Å²) in [6.45, 7) is 4.63. The largest absolute Gasteiger partial charge is 0.329 e. The van der Waals surface area contributed by atoms with Crippen LogP contribution in [0.4, 0.5) is 0 Å². The monoisotopic (exact) mass is 286 g/mol. The van der Waals surface area contributed by atoms with Crippen molar-refractivity contribution in [3.05, 3.63) is 35.9 Å².